The monoisotopic (exact) mass is 292 g/mol. The molecular formula is C15H17FN2OS. The van der Waals surface area contributed by atoms with Crippen molar-refractivity contribution < 1.29 is 9.18 Å². The molecule has 0 radical (unpaired) electrons. The molecule has 0 heterocycles. The van der Waals surface area contributed by atoms with Crippen molar-refractivity contribution >= 4 is 17.7 Å². The fourth-order valence-corrected chi connectivity index (χ4v) is 3.10. The highest BCUT2D eigenvalue weighted by molar-refractivity contribution is 8.00. The van der Waals surface area contributed by atoms with Gasteiger partial charge in [0, 0.05) is 4.90 Å². The molecule has 0 spiro atoms. The Morgan fingerprint density at radius 2 is 1.95 bits per heavy atom. The van der Waals surface area contributed by atoms with Gasteiger partial charge in [0.1, 0.15) is 11.4 Å². The van der Waals surface area contributed by atoms with E-state index in [9.17, 15) is 14.4 Å². The van der Waals surface area contributed by atoms with Crippen LogP contribution in [-0.4, -0.2) is 17.2 Å². The van der Waals surface area contributed by atoms with Crippen LogP contribution in [0, 0.1) is 17.1 Å². The summed E-state index contributed by atoms with van der Waals surface area (Å²) in [7, 11) is 0. The Labute approximate surface area is 122 Å². The second-order valence-corrected chi connectivity index (χ2v) is 6.09. The summed E-state index contributed by atoms with van der Waals surface area (Å²) in [6, 6.07) is 8.30. The van der Waals surface area contributed by atoms with E-state index in [0.717, 1.165) is 37.0 Å². The lowest BCUT2D eigenvalue weighted by Gasteiger charge is -2.31. The molecule has 0 saturated heterocycles. The first-order valence-corrected chi connectivity index (χ1v) is 7.73. The minimum absolute atomic E-state index is 0.136. The first-order chi connectivity index (χ1) is 9.63. The highest BCUT2D eigenvalue weighted by Gasteiger charge is 2.33. The van der Waals surface area contributed by atoms with E-state index in [-0.39, 0.29) is 17.5 Å². The van der Waals surface area contributed by atoms with E-state index in [0.29, 0.717) is 0 Å². The molecule has 1 aromatic rings. The fourth-order valence-electron chi connectivity index (χ4n) is 2.40. The number of thioether (sulfide) groups is 1. The normalized spacial score (nSPS) is 17.2. The molecular weight excluding hydrogens is 275 g/mol. The lowest BCUT2D eigenvalue weighted by Crippen LogP contribution is -2.49. The predicted molar refractivity (Wildman–Crippen MR) is 76.7 cm³/mol. The molecule has 2 rings (SSSR count). The summed E-state index contributed by atoms with van der Waals surface area (Å²) in [5.41, 5.74) is -0.682. The number of carbonyl (C=O) groups is 1. The molecule has 5 heteroatoms. The average molecular weight is 292 g/mol. The van der Waals surface area contributed by atoms with E-state index in [1.165, 1.54) is 23.9 Å². The lowest BCUT2D eigenvalue weighted by molar-refractivity contribution is -0.120. The van der Waals surface area contributed by atoms with Crippen LogP contribution in [0.25, 0.3) is 0 Å². The number of benzene rings is 1. The van der Waals surface area contributed by atoms with E-state index < -0.39 is 5.54 Å². The quantitative estimate of drug-likeness (QED) is 0.867. The zero-order chi connectivity index (χ0) is 14.4. The minimum atomic E-state index is -0.682. The number of nitriles is 1. The Bertz CT molecular complexity index is 504. The van der Waals surface area contributed by atoms with Crippen molar-refractivity contribution in [3.8, 4) is 6.07 Å². The summed E-state index contributed by atoms with van der Waals surface area (Å²) in [4.78, 5) is 12.8. The average Bonchev–Trinajstić information content (AvgIpc) is 2.47. The summed E-state index contributed by atoms with van der Waals surface area (Å²) in [6.07, 6.45) is 4.56. The van der Waals surface area contributed by atoms with Crippen molar-refractivity contribution in [3.05, 3.63) is 30.1 Å². The standard InChI is InChI=1S/C15H17FN2OS/c16-12-4-6-13(7-5-12)20-10-14(19)18-15(11-17)8-2-1-3-9-15/h4-7H,1-3,8-10H2,(H,18,19). The SMILES string of the molecule is N#CC1(NC(=O)CSc2ccc(F)cc2)CCCCC1. The van der Waals surface area contributed by atoms with Crippen molar-refractivity contribution in [2.75, 3.05) is 5.75 Å². The van der Waals surface area contributed by atoms with Crippen molar-refractivity contribution in [1.29, 1.82) is 5.26 Å². The highest BCUT2D eigenvalue weighted by atomic mass is 32.2. The number of nitrogens with zero attached hydrogens (tertiary/aromatic N) is 1. The molecule has 3 nitrogen and oxygen atoms in total. The van der Waals surface area contributed by atoms with Gasteiger partial charge in [0.2, 0.25) is 5.91 Å². The van der Waals surface area contributed by atoms with Gasteiger partial charge in [0.15, 0.2) is 0 Å². The summed E-state index contributed by atoms with van der Waals surface area (Å²) in [5.74, 6) is -0.179. The summed E-state index contributed by atoms with van der Waals surface area (Å²) in [6.45, 7) is 0. The predicted octanol–water partition coefficient (Wildman–Crippen LogP) is 3.26. The molecule has 1 aliphatic rings. The van der Waals surface area contributed by atoms with Gasteiger partial charge >= 0.3 is 0 Å². The van der Waals surface area contributed by atoms with Crippen molar-refractivity contribution in [2.45, 2.75) is 42.5 Å². The van der Waals surface area contributed by atoms with Gasteiger partial charge in [-0.25, -0.2) is 4.39 Å². The van der Waals surface area contributed by atoms with Crippen LogP contribution in [0.3, 0.4) is 0 Å². The maximum Gasteiger partial charge on any atom is 0.231 e. The van der Waals surface area contributed by atoms with Gasteiger partial charge in [-0.1, -0.05) is 19.3 Å². The molecule has 20 heavy (non-hydrogen) atoms. The van der Waals surface area contributed by atoms with Crippen LogP contribution < -0.4 is 5.32 Å². The van der Waals surface area contributed by atoms with Crippen LogP contribution >= 0.6 is 11.8 Å². The number of nitrogens with one attached hydrogen (secondary N) is 1. The van der Waals surface area contributed by atoms with Gasteiger partial charge in [-0.2, -0.15) is 5.26 Å². The van der Waals surface area contributed by atoms with Crippen LogP contribution in [0.4, 0.5) is 4.39 Å². The molecule has 0 unspecified atom stereocenters. The summed E-state index contributed by atoms with van der Waals surface area (Å²) >= 11 is 1.35. The Hall–Kier alpha value is -1.54. The topological polar surface area (TPSA) is 52.9 Å². The molecule has 1 saturated carbocycles. The molecule has 1 fully saturated rings. The van der Waals surface area contributed by atoms with Gasteiger partial charge in [-0.05, 0) is 37.1 Å². The maximum atomic E-state index is 12.8. The van der Waals surface area contributed by atoms with Crippen molar-refractivity contribution in [1.82, 2.24) is 5.32 Å². The molecule has 1 amide bonds. The molecule has 1 aliphatic carbocycles. The Balaban J connectivity index is 1.85. The number of amides is 1. The smallest absolute Gasteiger partial charge is 0.231 e. The van der Waals surface area contributed by atoms with E-state index in [1.54, 1.807) is 12.1 Å². The second kappa shape index (κ2) is 6.76. The Morgan fingerprint density at radius 3 is 2.55 bits per heavy atom. The minimum Gasteiger partial charge on any atom is -0.337 e. The van der Waals surface area contributed by atoms with Crippen LogP contribution in [0.1, 0.15) is 32.1 Å². The van der Waals surface area contributed by atoms with E-state index in [1.807, 2.05) is 0 Å². The number of hydrogen-bond donors (Lipinski definition) is 1. The van der Waals surface area contributed by atoms with Gasteiger partial charge in [-0.3, -0.25) is 4.79 Å². The third kappa shape index (κ3) is 3.97. The summed E-state index contributed by atoms with van der Waals surface area (Å²) in [5, 5.41) is 12.2. The van der Waals surface area contributed by atoms with E-state index in [2.05, 4.69) is 11.4 Å². The number of hydrogen-bond acceptors (Lipinski definition) is 3. The Kier molecular flexibility index (Phi) is 5.02. The third-order valence-electron chi connectivity index (χ3n) is 3.48. The maximum absolute atomic E-state index is 12.8. The van der Waals surface area contributed by atoms with Crippen LogP contribution in [-0.2, 0) is 4.79 Å². The van der Waals surface area contributed by atoms with Crippen molar-refractivity contribution in [2.24, 2.45) is 0 Å². The molecule has 0 aromatic heterocycles. The molecule has 0 aliphatic heterocycles. The Morgan fingerprint density at radius 1 is 1.30 bits per heavy atom. The second-order valence-electron chi connectivity index (χ2n) is 5.05. The van der Waals surface area contributed by atoms with Gasteiger partial charge < -0.3 is 5.32 Å². The lowest BCUT2D eigenvalue weighted by atomic mass is 9.83. The van der Waals surface area contributed by atoms with Crippen LogP contribution in [0.2, 0.25) is 0 Å². The molecule has 106 valence electrons. The highest BCUT2D eigenvalue weighted by Crippen LogP contribution is 2.28. The molecule has 1 N–H and O–H groups in total. The summed E-state index contributed by atoms with van der Waals surface area (Å²) < 4.78 is 12.8. The molecule has 1 aromatic carbocycles. The van der Waals surface area contributed by atoms with Gasteiger partial charge in [-0.15, -0.1) is 11.8 Å². The number of carbonyl (C=O) groups excluding carboxylic acids is 1. The van der Waals surface area contributed by atoms with Crippen LogP contribution in [0.15, 0.2) is 29.2 Å². The molecule has 0 atom stereocenters. The first-order valence-electron chi connectivity index (χ1n) is 6.74. The zero-order valence-electron chi connectivity index (χ0n) is 11.2. The van der Waals surface area contributed by atoms with Gasteiger partial charge in [0.05, 0.1) is 11.8 Å². The molecule has 0 bridgehead atoms. The first kappa shape index (κ1) is 14.9. The largest absolute Gasteiger partial charge is 0.337 e. The van der Waals surface area contributed by atoms with Crippen molar-refractivity contribution in [3.63, 3.8) is 0 Å². The van der Waals surface area contributed by atoms with E-state index in [4.69, 9.17) is 0 Å². The van der Waals surface area contributed by atoms with Crippen LogP contribution in [0.5, 0.6) is 0 Å². The third-order valence-corrected chi connectivity index (χ3v) is 4.50. The van der Waals surface area contributed by atoms with E-state index >= 15 is 0 Å². The number of halogens is 1. The zero-order valence-corrected chi connectivity index (χ0v) is 12.0. The fraction of sp³-hybridized carbons (Fsp3) is 0.467. The van der Waals surface area contributed by atoms with Gasteiger partial charge in [0.25, 0.3) is 0 Å². The number of rotatable bonds is 4.